The third kappa shape index (κ3) is 6.16. The fourth-order valence-corrected chi connectivity index (χ4v) is 5.18. The predicted octanol–water partition coefficient (Wildman–Crippen LogP) is 3.41. The fraction of sp³-hybridized carbons (Fsp3) is 0.400. The van der Waals surface area contributed by atoms with Crippen molar-refractivity contribution in [2.75, 3.05) is 13.1 Å². The molecule has 1 aliphatic carbocycles. The summed E-state index contributed by atoms with van der Waals surface area (Å²) in [6, 6.07) is 16.8. The first kappa shape index (κ1) is 26.3. The first-order valence-electron chi connectivity index (χ1n) is 13.1. The van der Waals surface area contributed by atoms with Gasteiger partial charge >= 0.3 is 0 Å². The molecule has 0 radical (unpaired) electrons. The lowest BCUT2D eigenvalue weighted by Crippen LogP contribution is -2.51. The fourth-order valence-electron chi connectivity index (χ4n) is 5.18. The second-order valence-corrected chi connectivity index (χ2v) is 9.84. The van der Waals surface area contributed by atoms with Gasteiger partial charge in [-0.2, -0.15) is 0 Å². The molecule has 1 fully saturated rings. The minimum absolute atomic E-state index is 0.0269. The molecule has 37 heavy (non-hydrogen) atoms. The van der Waals surface area contributed by atoms with Crippen LogP contribution in [0.5, 0.6) is 0 Å². The minimum Gasteiger partial charge on any atom is -0.355 e. The zero-order chi connectivity index (χ0) is 26.4. The molecule has 7 heteroatoms. The molecular weight excluding hydrogens is 466 g/mol. The molecule has 4 amide bonds. The quantitative estimate of drug-likeness (QED) is 0.399. The van der Waals surface area contributed by atoms with Gasteiger partial charge in [0, 0.05) is 32.5 Å². The van der Waals surface area contributed by atoms with E-state index in [1.54, 1.807) is 4.90 Å². The number of carbonyl (C=O) groups excluding carboxylic acids is 4. The number of imide groups is 1. The molecule has 1 heterocycles. The van der Waals surface area contributed by atoms with Gasteiger partial charge < -0.3 is 10.2 Å². The number of fused-ring (bicyclic) bond motifs is 1. The lowest BCUT2D eigenvalue weighted by Gasteiger charge is -2.32. The number of rotatable bonds is 10. The van der Waals surface area contributed by atoms with Gasteiger partial charge in [-0.25, -0.2) is 0 Å². The number of hydrogen-bond acceptors (Lipinski definition) is 4. The Hall–Kier alpha value is -3.74. The summed E-state index contributed by atoms with van der Waals surface area (Å²) in [6.45, 7) is 4.58. The van der Waals surface area contributed by atoms with Crippen LogP contribution >= 0.6 is 0 Å². The summed E-state index contributed by atoms with van der Waals surface area (Å²) in [4.78, 5) is 55.6. The number of likely N-dealkylation sites (tertiary alicyclic amines) is 1. The molecular formula is C30H35N3O4. The van der Waals surface area contributed by atoms with E-state index in [4.69, 9.17) is 0 Å². The first-order valence-corrected chi connectivity index (χ1v) is 13.1. The summed E-state index contributed by atoms with van der Waals surface area (Å²) in [5.41, 5.74) is 2.96. The standard InChI is InChI=1S/C30H35N3O4/c1-3-31-28(35)26(19-22-9-5-4-6-10-22)33(20-23-15-13-21(2)14-16-23)27(34)17-18-32-29(36)24-11-7-8-12-25(24)30(32)37/h4-10,13-16,24-26H,3,11-12,17-20H2,1-2H3,(H,31,35)/t24-,25+,26?. The first-order chi connectivity index (χ1) is 17.9. The molecule has 0 spiro atoms. The Morgan fingerprint density at radius 1 is 0.946 bits per heavy atom. The van der Waals surface area contributed by atoms with Crippen LogP contribution in [0.3, 0.4) is 0 Å². The van der Waals surface area contributed by atoms with Crippen molar-refractivity contribution in [3.05, 3.63) is 83.4 Å². The Balaban J connectivity index is 1.56. The van der Waals surface area contributed by atoms with Crippen LogP contribution in [0, 0.1) is 18.8 Å². The SMILES string of the molecule is CCNC(=O)C(Cc1ccccc1)N(Cc1ccc(C)cc1)C(=O)CCN1C(=O)[C@H]2CC=CC[C@H]2C1=O. The van der Waals surface area contributed by atoms with Gasteiger partial charge in [0.1, 0.15) is 6.04 Å². The number of nitrogens with zero attached hydrogens (tertiary/aromatic N) is 2. The maximum atomic E-state index is 13.7. The molecule has 0 aromatic heterocycles. The number of nitrogens with one attached hydrogen (secondary N) is 1. The highest BCUT2D eigenvalue weighted by molar-refractivity contribution is 6.05. The highest BCUT2D eigenvalue weighted by atomic mass is 16.2. The number of hydrogen-bond donors (Lipinski definition) is 1. The van der Waals surface area contributed by atoms with E-state index in [1.807, 2.05) is 80.6 Å². The Kier molecular flexibility index (Phi) is 8.54. The van der Waals surface area contributed by atoms with Crippen LogP contribution in [0.1, 0.15) is 42.9 Å². The lowest BCUT2D eigenvalue weighted by molar-refractivity contribution is -0.144. The molecule has 3 atom stereocenters. The number of aryl methyl sites for hydroxylation is 1. The molecule has 1 saturated heterocycles. The van der Waals surface area contributed by atoms with E-state index in [1.165, 1.54) is 4.90 Å². The maximum Gasteiger partial charge on any atom is 0.243 e. The van der Waals surface area contributed by atoms with Crippen LogP contribution in [0.15, 0.2) is 66.7 Å². The molecule has 1 aliphatic heterocycles. The van der Waals surface area contributed by atoms with Crippen LogP contribution in [0.25, 0.3) is 0 Å². The largest absolute Gasteiger partial charge is 0.355 e. The summed E-state index contributed by atoms with van der Waals surface area (Å²) in [5, 5.41) is 2.88. The van der Waals surface area contributed by atoms with Gasteiger partial charge in [0.25, 0.3) is 0 Å². The molecule has 1 N–H and O–H groups in total. The predicted molar refractivity (Wildman–Crippen MR) is 141 cm³/mol. The van der Waals surface area contributed by atoms with Crippen LogP contribution in [-0.2, 0) is 32.1 Å². The lowest BCUT2D eigenvalue weighted by atomic mass is 9.85. The van der Waals surface area contributed by atoms with Crippen molar-refractivity contribution < 1.29 is 19.2 Å². The number of allylic oxidation sites excluding steroid dienone is 2. The molecule has 2 aliphatic rings. The van der Waals surface area contributed by atoms with Gasteiger partial charge in [-0.15, -0.1) is 0 Å². The van der Waals surface area contributed by atoms with E-state index in [2.05, 4.69) is 5.32 Å². The highest BCUT2D eigenvalue weighted by Gasteiger charge is 2.47. The Morgan fingerprint density at radius 2 is 1.57 bits per heavy atom. The van der Waals surface area contributed by atoms with E-state index < -0.39 is 6.04 Å². The van der Waals surface area contributed by atoms with E-state index >= 15 is 0 Å². The second kappa shape index (κ2) is 12.0. The monoisotopic (exact) mass is 501 g/mol. The Morgan fingerprint density at radius 3 is 2.16 bits per heavy atom. The van der Waals surface area contributed by atoms with Crippen molar-refractivity contribution in [1.29, 1.82) is 0 Å². The van der Waals surface area contributed by atoms with Gasteiger partial charge in [-0.3, -0.25) is 24.1 Å². The minimum atomic E-state index is -0.729. The Labute approximate surface area is 218 Å². The van der Waals surface area contributed by atoms with Gasteiger partial charge in [0.05, 0.1) is 11.8 Å². The van der Waals surface area contributed by atoms with Crippen molar-refractivity contribution in [3.8, 4) is 0 Å². The number of benzene rings is 2. The molecule has 4 rings (SSSR count). The molecule has 0 saturated carbocycles. The molecule has 2 aromatic carbocycles. The van der Waals surface area contributed by atoms with Gasteiger partial charge in [-0.05, 0) is 37.8 Å². The van der Waals surface area contributed by atoms with Crippen LogP contribution in [0.2, 0.25) is 0 Å². The van der Waals surface area contributed by atoms with E-state index in [-0.39, 0.29) is 55.0 Å². The molecule has 2 aromatic rings. The zero-order valence-corrected chi connectivity index (χ0v) is 21.6. The number of amides is 4. The van der Waals surface area contributed by atoms with Crippen molar-refractivity contribution in [3.63, 3.8) is 0 Å². The summed E-state index contributed by atoms with van der Waals surface area (Å²) in [7, 11) is 0. The summed E-state index contributed by atoms with van der Waals surface area (Å²) >= 11 is 0. The summed E-state index contributed by atoms with van der Waals surface area (Å²) in [5.74, 6) is -1.52. The third-order valence-electron chi connectivity index (χ3n) is 7.24. The summed E-state index contributed by atoms with van der Waals surface area (Å²) in [6.07, 6.45) is 5.36. The Bertz CT molecular complexity index is 1130. The number of likely N-dealkylation sites (N-methyl/N-ethyl adjacent to an activating group) is 1. The van der Waals surface area contributed by atoms with Gasteiger partial charge in [0.15, 0.2) is 0 Å². The van der Waals surface area contributed by atoms with Crippen molar-refractivity contribution in [1.82, 2.24) is 15.1 Å². The van der Waals surface area contributed by atoms with Crippen LogP contribution in [-0.4, -0.2) is 52.6 Å². The van der Waals surface area contributed by atoms with Crippen molar-refractivity contribution in [2.24, 2.45) is 11.8 Å². The highest BCUT2D eigenvalue weighted by Crippen LogP contribution is 2.35. The maximum absolute atomic E-state index is 13.7. The van der Waals surface area contributed by atoms with Crippen molar-refractivity contribution in [2.45, 2.75) is 52.1 Å². The third-order valence-corrected chi connectivity index (χ3v) is 7.24. The summed E-state index contributed by atoms with van der Waals surface area (Å²) < 4.78 is 0. The van der Waals surface area contributed by atoms with Crippen LogP contribution in [0.4, 0.5) is 0 Å². The van der Waals surface area contributed by atoms with E-state index in [0.29, 0.717) is 25.8 Å². The average molecular weight is 502 g/mol. The normalized spacial score (nSPS) is 19.5. The molecule has 7 nitrogen and oxygen atoms in total. The van der Waals surface area contributed by atoms with Gasteiger partial charge in [0.2, 0.25) is 23.6 Å². The topological polar surface area (TPSA) is 86.8 Å². The smallest absolute Gasteiger partial charge is 0.243 e. The molecule has 194 valence electrons. The zero-order valence-electron chi connectivity index (χ0n) is 21.6. The van der Waals surface area contributed by atoms with E-state index in [0.717, 1.165) is 16.7 Å². The average Bonchev–Trinajstić information content (AvgIpc) is 3.15. The van der Waals surface area contributed by atoms with Crippen LogP contribution < -0.4 is 5.32 Å². The molecule has 1 unspecified atom stereocenters. The van der Waals surface area contributed by atoms with E-state index in [9.17, 15) is 19.2 Å². The van der Waals surface area contributed by atoms with Crippen molar-refractivity contribution >= 4 is 23.6 Å². The number of carbonyl (C=O) groups is 4. The van der Waals surface area contributed by atoms with Gasteiger partial charge in [-0.1, -0.05) is 72.3 Å². The second-order valence-electron chi connectivity index (χ2n) is 9.84. The molecule has 0 bridgehead atoms.